The van der Waals surface area contributed by atoms with E-state index in [4.69, 9.17) is 10.0 Å². The van der Waals surface area contributed by atoms with Gasteiger partial charge in [-0.3, -0.25) is 4.90 Å². The van der Waals surface area contributed by atoms with E-state index in [9.17, 15) is 4.39 Å². The Labute approximate surface area is 122 Å². The molecular formula is C14H17BFNO2S. The van der Waals surface area contributed by atoms with Gasteiger partial charge in [0.2, 0.25) is 0 Å². The van der Waals surface area contributed by atoms with Gasteiger partial charge in [-0.2, -0.15) is 0 Å². The number of benzene rings is 1. The minimum absolute atomic E-state index is 0.0836. The lowest BCUT2D eigenvalue weighted by atomic mass is 9.79. The molecule has 0 saturated heterocycles. The smallest absolute Gasteiger partial charge is 0.423 e. The highest BCUT2D eigenvalue weighted by molar-refractivity contribution is 7.10. The zero-order chi connectivity index (χ0) is 14.7. The maximum Gasteiger partial charge on any atom is 0.491 e. The fourth-order valence-corrected chi connectivity index (χ4v) is 2.91. The molecule has 1 unspecified atom stereocenters. The highest BCUT2D eigenvalue weighted by Crippen LogP contribution is 2.24. The summed E-state index contributed by atoms with van der Waals surface area (Å²) in [5, 5.41) is 20.3. The molecule has 2 aromatic rings. The third-order valence-electron chi connectivity index (χ3n) is 3.39. The van der Waals surface area contributed by atoms with Crippen LogP contribution in [0, 0.1) is 5.82 Å². The van der Waals surface area contributed by atoms with Gasteiger partial charge in [-0.1, -0.05) is 18.2 Å². The maximum atomic E-state index is 13.4. The number of halogens is 1. The van der Waals surface area contributed by atoms with Crippen molar-refractivity contribution in [2.75, 3.05) is 7.05 Å². The van der Waals surface area contributed by atoms with Crippen molar-refractivity contribution in [3.05, 3.63) is 52.0 Å². The number of hydrogen-bond donors (Lipinski definition) is 2. The molecule has 106 valence electrons. The Morgan fingerprint density at radius 2 is 2.10 bits per heavy atom. The predicted octanol–water partition coefficient (Wildman–Crippen LogP) is 1.76. The van der Waals surface area contributed by atoms with E-state index in [0.717, 1.165) is 5.56 Å². The first-order chi connectivity index (χ1) is 9.49. The van der Waals surface area contributed by atoms with Crippen molar-refractivity contribution in [2.24, 2.45) is 0 Å². The fraction of sp³-hybridized carbons (Fsp3) is 0.286. The first-order valence-corrected chi connectivity index (χ1v) is 7.25. The van der Waals surface area contributed by atoms with Crippen molar-refractivity contribution in [1.82, 2.24) is 4.90 Å². The molecule has 1 heterocycles. The Morgan fingerprint density at radius 3 is 2.70 bits per heavy atom. The first kappa shape index (κ1) is 15.2. The molecule has 0 radical (unpaired) electrons. The quantitative estimate of drug-likeness (QED) is 0.826. The van der Waals surface area contributed by atoms with Gasteiger partial charge >= 0.3 is 7.12 Å². The molecule has 6 heteroatoms. The van der Waals surface area contributed by atoms with Crippen molar-refractivity contribution in [1.29, 1.82) is 0 Å². The summed E-state index contributed by atoms with van der Waals surface area (Å²) in [6.45, 7) is 2.72. The minimum atomic E-state index is -1.78. The van der Waals surface area contributed by atoms with Crippen molar-refractivity contribution in [2.45, 2.75) is 19.5 Å². The highest BCUT2D eigenvalue weighted by Gasteiger charge is 2.18. The lowest BCUT2D eigenvalue weighted by molar-refractivity contribution is 0.256. The molecule has 0 saturated carbocycles. The molecule has 1 atom stereocenters. The van der Waals surface area contributed by atoms with Crippen LogP contribution < -0.4 is 5.46 Å². The topological polar surface area (TPSA) is 43.7 Å². The van der Waals surface area contributed by atoms with Crippen LogP contribution in [-0.2, 0) is 6.54 Å². The average Bonchev–Trinajstić information content (AvgIpc) is 2.93. The van der Waals surface area contributed by atoms with Crippen molar-refractivity contribution >= 4 is 23.9 Å². The Bertz CT molecular complexity index is 562. The molecule has 0 bridgehead atoms. The Kier molecular flexibility index (Phi) is 4.93. The van der Waals surface area contributed by atoms with Crippen LogP contribution in [0.15, 0.2) is 35.7 Å². The standard InChI is InChI=1S/C14H17BFNO2S/c1-10(14-4-3-7-20-14)17(2)9-11-5-6-13(16)12(8-11)15(18)19/h3-8,10,18-19H,9H2,1-2H3. The molecule has 20 heavy (non-hydrogen) atoms. The van der Waals surface area contributed by atoms with Gasteiger partial charge in [-0.05, 0) is 37.0 Å². The zero-order valence-electron chi connectivity index (χ0n) is 11.5. The van der Waals surface area contributed by atoms with Crippen molar-refractivity contribution in [3.63, 3.8) is 0 Å². The summed E-state index contributed by atoms with van der Waals surface area (Å²) in [5.41, 5.74) is 0.764. The van der Waals surface area contributed by atoms with Crippen LogP contribution in [0.3, 0.4) is 0 Å². The van der Waals surface area contributed by atoms with Gasteiger partial charge in [0.25, 0.3) is 0 Å². The van der Waals surface area contributed by atoms with Gasteiger partial charge in [-0.15, -0.1) is 11.3 Å². The van der Waals surface area contributed by atoms with E-state index >= 15 is 0 Å². The summed E-state index contributed by atoms with van der Waals surface area (Å²) in [6, 6.07) is 8.79. The number of hydrogen-bond acceptors (Lipinski definition) is 4. The molecule has 2 rings (SSSR count). The Hall–Kier alpha value is -1.21. The zero-order valence-corrected chi connectivity index (χ0v) is 12.3. The second kappa shape index (κ2) is 6.50. The molecule has 0 fully saturated rings. The van der Waals surface area contributed by atoms with E-state index < -0.39 is 12.9 Å². The second-order valence-corrected chi connectivity index (χ2v) is 5.82. The molecular weight excluding hydrogens is 276 g/mol. The lowest BCUT2D eigenvalue weighted by Gasteiger charge is -2.24. The van der Waals surface area contributed by atoms with Crippen LogP contribution in [0.5, 0.6) is 0 Å². The fourth-order valence-electron chi connectivity index (χ4n) is 2.06. The number of nitrogens with zero attached hydrogens (tertiary/aromatic N) is 1. The van der Waals surface area contributed by atoms with Crippen LogP contribution >= 0.6 is 11.3 Å². The molecule has 2 N–H and O–H groups in total. The Morgan fingerprint density at radius 1 is 1.35 bits per heavy atom. The minimum Gasteiger partial charge on any atom is -0.423 e. The largest absolute Gasteiger partial charge is 0.491 e. The van der Waals surface area contributed by atoms with E-state index in [0.29, 0.717) is 6.54 Å². The molecule has 0 aliphatic heterocycles. The molecule has 3 nitrogen and oxygen atoms in total. The van der Waals surface area contributed by atoms with Crippen LogP contribution in [0.2, 0.25) is 0 Å². The van der Waals surface area contributed by atoms with Gasteiger partial charge in [0.05, 0.1) is 0 Å². The van der Waals surface area contributed by atoms with E-state index in [-0.39, 0.29) is 11.5 Å². The third-order valence-corrected chi connectivity index (χ3v) is 4.43. The van der Waals surface area contributed by atoms with Crippen LogP contribution in [0.25, 0.3) is 0 Å². The molecule has 0 amide bonds. The second-order valence-electron chi connectivity index (χ2n) is 4.84. The van der Waals surface area contributed by atoms with Crippen LogP contribution in [-0.4, -0.2) is 29.1 Å². The SMILES string of the molecule is CC(c1cccs1)N(C)Cc1ccc(F)c(B(O)O)c1. The van der Waals surface area contributed by atoms with Gasteiger partial charge in [0.1, 0.15) is 5.82 Å². The van der Waals surface area contributed by atoms with Crippen molar-refractivity contribution in [3.8, 4) is 0 Å². The summed E-state index contributed by atoms with van der Waals surface area (Å²) < 4.78 is 13.4. The molecule has 1 aromatic heterocycles. The van der Waals surface area contributed by atoms with Crippen LogP contribution in [0.4, 0.5) is 4.39 Å². The first-order valence-electron chi connectivity index (χ1n) is 6.37. The average molecular weight is 293 g/mol. The normalized spacial score (nSPS) is 12.7. The summed E-state index contributed by atoms with van der Waals surface area (Å²) >= 11 is 1.70. The van der Waals surface area contributed by atoms with Gasteiger partial charge < -0.3 is 10.0 Å². The summed E-state index contributed by atoms with van der Waals surface area (Å²) in [5.74, 6) is -0.599. The maximum absolute atomic E-state index is 13.4. The van der Waals surface area contributed by atoms with Crippen LogP contribution in [0.1, 0.15) is 23.4 Å². The lowest BCUT2D eigenvalue weighted by Crippen LogP contribution is -2.33. The van der Waals surface area contributed by atoms with Gasteiger partial charge in [-0.25, -0.2) is 4.39 Å². The van der Waals surface area contributed by atoms with E-state index in [1.54, 1.807) is 17.4 Å². The summed E-state index contributed by atoms with van der Waals surface area (Å²) in [6.07, 6.45) is 0. The molecule has 0 aliphatic carbocycles. The number of rotatable bonds is 5. The van der Waals surface area contributed by atoms with Gasteiger partial charge in [0, 0.05) is 22.9 Å². The van der Waals surface area contributed by atoms with E-state index in [1.807, 2.05) is 18.5 Å². The predicted molar refractivity (Wildman–Crippen MR) is 80.4 cm³/mol. The van der Waals surface area contributed by atoms with Gasteiger partial charge in [0.15, 0.2) is 0 Å². The Balaban J connectivity index is 2.11. The molecule has 0 aliphatic rings. The highest BCUT2D eigenvalue weighted by atomic mass is 32.1. The van der Waals surface area contributed by atoms with Crippen molar-refractivity contribution < 1.29 is 14.4 Å². The summed E-state index contributed by atoms with van der Waals surface area (Å²) in [4.78, 5) is 3.39. The van der Waals surface area contributed by atoms with E-state index in [2.05, 4.69) is 17.9 Å². The number of thiophene rings is 1. The monoisotopic (exact) mass is 293 g/mol. The molecule has 0 spiro atoms. The molecule has 1 aromatic carbocycles. The van der Waals surface area contributed by atoms with E-state index in [1.165, 1.54) is 17.0 Å². The summed E-state index contributed by atoms with van der Waals surface area (Å²) in [7, 11) is 0.206. The third kappa shape index (κ3) is 3.46.